The summed E-state index contributed by atoms with van der Waals surface area (Å²) in [7, 11) is 0. The summed E-state index contributed by atoms with van der Waals surface area (Å²) in [4.78, 5) is 24.6. The maximum absolute atomic E-state index is 11.6. The van der Waals surface area contributed by atoms with Crippen molar-refractivity contribution >= 4 is 11.8 Å². The van der Waals surface area contributed by atoms with E-state index in [9.17, 15) is 9.59 Å². The lowest BCUT2D eigenvalue weighted by Crippen LogP contribution is -2.48. The van der Waals surface area contributed by atoms with Crippen molar-refractivity contribution in [2.75, 3.05) is 0 Å². The summed E-state index contributed by atoms with van der Waals surface area (Å²) in [5.41, 5.74) is -0.363. The lowest BCUT2D eigenvalue weighted by Gasteiger charge is -2.32. The number of hydrogen-bond acceptors (Lipinski definition) is 2. The van der Waals surface area contributed by atoms with Crippen LogP contribution in [0.4, 0.5) is 0 Å². The lowest BCUT2D eigenvalue weighted by molar-refractivity contribution is -0.149. The van der Waals surface area contributed by atoms with E-state index in [1.54, 1.807) is 0 Å². The topological polar surface area (TPSA) is 37.4 Å². The first-order chi connectivity index (χ1) is 5.93. The molecule has 0 aromatic heterocycles. The van der Waals surface area contributed by atoms with E-state index in [0.717, 1.165) is 12.8 Å². The van der Waals surface area contributed by atoms with Crippen LogP contribution in [-0.2, 0) is 9.59 Å². The molecule has 0 unspecified atom stereocenters. The Morgan fingerprint density at radius 1 is 1.00 bits per heavy atom. The van der Waals surface area contributed by atoms with E-state index in [0.29, 0.717) is 12.8 Å². The predicted molar refractivity (Wildman–Crippen MR) is 50.1 cm³/mol. The molecule has 0 aromatic rings. The van der Waals surface area contributed by atoms with Gasteiger partial charge in [0.05, 0.1) is 0 Å². The number of carbonyl (C=O) groups is 2. The molecule has 3 nitrogen and oxygen atoms in total. The third kappa shape index (κ3) is 2.29. The molecule has 1 aliphatic rings. The molecule has 1 saturated heterocycles. The van der Waals surface area contributed by atoms with Crippen LogP contribution < -0.4 is 0 Å². The summed E-state index contributed by atoms with van der Waals surface area (Å²) >= 11 is 0. The molecule has 0 atom stereocenters. The van der Waals surface area contributed by atoms with Crippen molar-refractivity contribution < 1.29 is 9.59 Å². The molecule has 2 amide bonds. The normalized spacial score (nSPS) is 20.4. The Balaban J connectivity index is 2.88. The fraction of sp³-hybridized carbons (Fsp3) is 0.800. The Labute approximate surface area is 79.1 Å². The largest absolute Gasteiger partial charge is 0.277 e. The monoisotopic (exact) mass is 183 g/mol. The Bertz CT molecular complexity index is 210. The third-order valence-electron chi connectivity index (χ3n) is 2.20. The van der Waals surface area contributed by atoms with E-state index >= 15 is 0 Å². The number of imide groups is 1. The van der Waals surface area contributed by atoms with Gasteiger partial charge in [-0.15, -0.1) is 0 Å². The van der Waals surface area contributed by atoms with Crippen LogP contribution in [0.2, 0.25) is 0 Å². The summed E-state index contributed by atoms with van der Waals surface area (Å²) in [5, 5.41) is 0. The highest BCUT2D eigenvalue weighted by molar-refractivity contribution is 5.96. The van der Waals surface area contributed by atoms with Gasteiger partial charge in [-0.1, -0.05) is 0 Å². The van der Waals surface area contributed by atoms with E-state index in [1.807, 2.05) is 20.8 Å². The highest BCUT2D eigenvalue weighted by atomic mass is 16.2. The third-order valence-corrected chi connectivity index (χ3v) is 2.20. The van der Waals surface area contributed by atoms with E-state index in [2.05, 4.69) is 0 Å². The minimum absolute atomic E-state index is 0.0185. The molecule has 0 spiro atoms. The highest BCUT2D eigenvalue weighted by Crippen LogP contribution is 2.21. The molecule has 0 saturated carbocycles. The average molecular weight is 183 g/mol. The van der Waals surface area contributed by atoms with Crippen LogP contribution >= 0.6 is 0 Å². The van der Waals surface area contributed by atoms with Gasteiger partial charge in [-0.05, 0) is 33.6 Å². The molecule has 3 heteroatoms. The summed E-state index contributed by atoms with van der Waals surface area (Å²) in [5.74, 6) is -0.0370. The van der Waals surface area contributed by atoms with Crippen molar-refractivity contribution in [2.45, 2.75) is 52.0 Å². The number of carbonyl (C=O) groups excluding carboxylic acids is 2. The van der Waals surface area contributed by atoms with E-state index in [4.69, 9.17) is 0 Å². The van der Waals surface area contributed by atoms with E-state index in [1.165, 1.54) is 4.90 Å². The Morgan fingerprint density at radius 2 is 1.38 bits per heavy atom. The van der Waals surface area contributed by atoms with Crippen molar-refractivity contribution in [1.82, 2.24) is 4.90 Å². The van der Waals surface area contributed by atoms with Crippen LogP contribution in [0.5, 0.6) is 0 Å². The van der Waals surface area contributed by atoms with Gasteiger partial charge in [0.2, 0.25) is 11.8 Å². The van der Waals surface area contributed by atoms with Crippen molar-refractivity contribution in [2.24, 2.45) is 0 Å². The van der Waals surface area contributed by atoms with Crippen LogP contribution in [0, 0.1) is 0 Å². The van der Waals surface area contributed by atoms with Crippen LogP contribution in [0.1, 0.15) is 46.5 Å². The molecule has 1 heterocycles. The molecular formula is C10H17NO2. The molecule has 1 rings (SSSR count). The number of nitrogens with zero attached hydrogens (tertiary/aromatic N) is 1. The van der Waals surface area contributed by atoms with Crippen molar-refractivity contribution in [3.8, 4) is 0 Å². The van der Waals surface area contributed by atoms with Crippen LogP contribution in [0.3, 0.4) is 0 Å². The molecule has 0 aliphatic carbocycles. The molecule has 13 heavy (non-hydrogen) atoms. The van der Waals surface area contributed by atoms with Crippen molar-refractivity contribution in [3.05, 3.63) is 0 Å². The standard InChI is InChI=1S/C10H17NO2/c1-10(2,3)11-8(12)6-4-5-7-9(11)13/h4-7H2,1-3H3. The van der Waals surface area contributed by atoms with Crippen molar-refractivity contribution in [1.29, 1.82) is 0 Å². The molecule has 0 N–H and O–H groups in total. The van der Waals surface area contributed by atoms with Gasteiger partial charge in [0.1, 0.15) is 0 Å². The van der Waals surface area contributed by atoms with Gasteiger partial charge in [0.15, 0.2) is 0 Å². The zero-order chi connectivity index (χ0) is 10.1. The maximum atomic E-state index is 11.6. The van der Waals surface area contributed by atoms with Gasteiger partial charge in [0.25, 0.3) is 0 Å². The van der Waals surface area contributed by atoms with Gasteiger partial charge in [-0.3, -0.25) is 14.5 Å². The van der Waals surface area contributed by atoms with Gasteiger partial charge in [-0.2, -0.15) is 0 Å². The smallest absolute Gasteiger partial charge is 0.229 e. The fourth-order valence-electron chi connectivity index (χ4n) is 1.66. The molecule has 0 aromatic carbocycles. The summed E-state index contributed by atoms with van der Waals surface area (Å²) in [6.07, 6.45) is 2.72. The minimum Gasteiger partial charge on any atom is -0.277 e. The number of rotatable bonds is 0. The molecule has 0 bridgehead atoms. The van der Waals surface area contributed by atoms with Crippen molar-refractivity contribution in [3.63, 3.8) is 0 Å². The molecule has 0 radical (unpaired) electrons. The average Bonchev–Trinajstić information content (AvgIpc) is 2.09. The summed E-state index contributed by atoms with van der Waals surface area (Å²) < 4.78 is 0. The van der Waals surface area contributed by atoms with Gasteiger partial charge in [-0.25, -0.2) is 0 Å². The molecule has 74 valence electrons. The van der Waals surface area contributed by atoms with E-state index in [-0.39, 0.29) is 17.4 Å². The quantitative estimate of drug-likeness (QED) is 0.536. The maximum Gasteiger partial charge on any atom is 0.229 e. The number of amides is 2. The van der Waals surface area contributed by atoms with E-state index < -0.39 is 0 Å². The summed E-state index contributed by atoms with van der Waals surface area (Å²) in [6.45, 7) is 5.69. The first-order valence-corrected chi connectivity index (χ1v) is 4.79. The molecular weight excluding hydrogens is 166 g/mol. The van der Waals surface area contributed by atoms with Crippen LogP contribution in [-0.4, -0.2) is 22.3 Å². The number of likely N-dealkylation sites (tertiary alicyclic amines) is 1. The lowest BCUT2D eigenvalue weighted by atomic mass is 10.1. The fourth-order valence-corrected chi connectivity index (χ4v) is 1.66. The first kappa shape index (κ1) is 10.2. The second-order valence-electron chi connectivity index (χ2n) is 4.50. The zero-order valence-electron chi connectivity index (χ0n) is 8.59. The van der Waals surface area contributed by atoms with Gasteiger partial charge in [0, 0.05) is 18.4 Å². The van der Waals surface area contributed by atoms with Gasteiger partial charge < -0.3 is 0 Å². The summed E-state index contributed by atoms with van der Waals surface area (Å²) in [6, 6.07) is 0. The highest BCUT2D eigenvalue weighted by Gasteiger charge is 2.32. The molecule has 1 aliphatic heterocycles. The first-order valence-electron chi connectivity index (χ1n) is 4.79. The predicted octanol–water partition coefficient (Wildman–Crippen LogP) is 1.71. The second-order valence-corrected chi connectivity index (χ2v) is 4.50. The second kappa shape index (κ2) is 3.48. The Kier molecular flexibility index (Phi) is 2.74. The molecule has 1 fully saturated rings. The zero-order valence-corrected chi connectivity index (χ0v) is 8.59. The van der Waals surface area contributed by atoms with Crippen LogP contribution in [0.25, 0.3) is 0 Å². The minimum atomic E-state index is -0.363. The Morgan fingerprint density at radius 3 is 1.69 bits per heavy atom. The Hall–Kier alpha value is -0.860. The number of hydrogen-bond donors (Lipinski definition) is 0. The van der Waals surface area contributed by atoms with Crippen LogP contribution in [0.15, 0.2) is 0 Å². The van der Waals surface area contributed by atoms with Gasteiger partial charge >= 0.3 is 0 Å². The SMILES string of the molecule is CC(C)(C)N1C(=O)CCCCC1=O.